The van der Waals surface area contributed by atoms with E-state index in [9.17, 15) is 21.6 Å². The van der Waals surface area contributed by atoms with E-state index in [0.717, 1.165) is 60.1 Å². The molecular formula is C31H38F3N3O2S2. The predicted octanol–water partition coefficient (Wildman–Crippen LogP) is 7.74. The number of thioether (sulfide) groups is 1. The molecule has 41 heavy (non-hydrogen) atoms. The molecule has 1 aromatic heterocycles. The Kier molecular flexibility index (Phi) is 10.8. The first-order valence-corrected chi connectivity index (χ1v) is 16.7. The van der Waals surface area contributed by atoms with E-state index in [4.69, 9.17) is 0 Å². The molecule has 0 radical (unpaired) electrons. The zero-order valence-corrected chi connectivity index (χ0v) is 25.2. The van der Waals surface area contributed by atoms with Crippen molar-refractivity contribution in [2.24, 2.45) is 5.92 Å². The third-order valence-corrected chi connectivity index (χ3v) is 9.87. The minimum atomic E-state index is -3.74. The monoisotopic (exact) mass is 605 g/mol. The van der Waals surface area contributed by atoms with Gasteiger partial charge < -0.3 is 0 Å². The lowest BCUT2D eigenvalue weighted by atomic mass is 9.85. The number of benzene rings is 1. The molecule has 2 atom stereocenters. The molecule has 1 aliphatic heterocycles. The van der Waals surface area contributed by atoms with E-state index in [0.29, 0.717) is 35.1 Å². The zero-order valence-electron chi connectivity index (χ0n) is 23.6. The number of hydrogen-bond acceptors (Lipinski definition) is 4. The number of hydrogen-bond donors (Lipinski definition) is 1. The van der Waals surface area contributed by atoms with Crippen LogP contribution in [0.4, 0.5) is 13.2 Å². The molecule has 1 unspecified atom stereocenters. The van der Waals surface area contributed by atoms with Crippen molar-refractivity contribution >= 4 is 27.9 Å². The summed E-state index contributed by atoms with van der Waals surface area (Å²) >= 11 is 1.66. The highest BCUT2D eigenvalue weighted by Crippen LogP contribution is 2.38. The Morgan fingerprint density at radius 3 is 2.71 bits per heavy atom. The summed E-state index contributed by atoms with van der Waals surface area (Å²) in [4.78, 5) is 0. The molecule has 2 aliphatic rings. The van der Waals surface area contributed by atoms with E-state index < -0.39 is 21.7 Å². The number of halogens is 3. The van der Waals surface area contributed by atoms with Gasteiger partial charge >= 0.3 is 0 Å². The van der Waals surface area contributed by atoms with E-state index in [-0.39, 0.29) is 24.3 Å². The molecule has 222 valence electrons. The summed E-state index contributed by atoms with van der Waals surface area (Å²) in [5, 5.41) is 5.72. The summed E-state index contributed by atoms with van der Waals surface area (Å²) in [6.07, 6.45) is 9.34. The first-order valence-electron chi connectivity index (χ1n) is 14.0. The zero-order chi connectivity index (χ0) is 29.6. The third-order valence-electron chi connectivity index (χ3n) is 7.54. The maximum absolute atomic E-state index is 15.0. The minimum absolute atomic E-state index is 0.120. The molecule has 1 fully saturated rings. The fourth-order valence-corrected chi connectivity index (χ4v) is 7.95. The van der Waals surface area contributed by atoms with Crippen LogP contribution in [0.15, 0.2) is 65.6 Å². The molecule has 1 saturated carbocycles. The molecule has 2 aromatic rings. The largest absolute Gasteiger partial charge is 0.262 e. The van der Waals surface area contributed by atoms with Crippen LogP contribution in [-0.4, -0.2) is 30.0 Å². The lowest BCUT2D eigenvalue weighted by molar-refractivity contribution is 0.303. The first-order chi connectivity index (χ1) is 19.5. The number of nitrogens with one attached hydrogen (secondary N) is 1. The van der Waals surface area contributed by atoms with Crippen molar-refractivity contribution < 1.29 is 21.6 Å². The molecule has 1 aromatic carbocycles. The van der Waals surface area contributed by atoms with Crippen LogP contribution < -0.4 is 4.72 Å². The third kappa shape index (κ3) is 8.96. The number of nitrogens with zero attached hydrogens (tertiary/aromatic N) is 2. The molecule has 2 heterocycles. The van der Waals surface area contributed by atoms with Gasteiger partial charge in [-0.1, -0.05) is 43.5 Å². The van der Waals surface area contributed by atoms with Crippen molar-refractivity contribution in [3.8, 4) is 0 Å². The van der Waals surface area contributed by atoms with Crippen molar-refractivity contribution in [3.63, 3.8) is 0 Å². The summed E-state index contributed by atoms with van der Waals surface area (Å²) in [5.74, 6) is -0.371. The van der Waals surface area contributed by atoms with Crippen LogP contribution >= 0.6 is 11.8 Å². The van der Waals surface area contributed by atoms with E-state index in [1.54, 1.807) is 24.8 Å². The second-order valence-electron chi connectivity index (χ2n) is 11.1. The Morgan fingerprint density at radius 1 is 1.24 bits per heavy atom. The van der Waals surface area contributed by atoms with Gasteiger partial charge in [-0.15, -0.1) is 0 Å². The van der Waals surface area contributed by atoms with Crippen molar-refractivity contribution in [1.29, 1.82) is 0 Å². The van der Waals surface area contributed by atoms with Gasteiger partial charge in [-0.25, -0.2) is 26.3 Å². The van der Waals surface area contributed by atoms with Gasteiger partial charge in [-0.3, -0.25) is 4.68 Å². The highest BCUT2D eigenvalue weighted by Gasteiger charge is 2.29. The van der Waals surface area contributed by atoms with Gasteiger partial charge in [0.2, 0.25) is 10.0 Å². The lowest BCUT2D eigenvalue weighted by Gasteiger charge is -2.27. The SMILES string of the molecule is C=C(C)/C=C(F)\C=C(\F)Cn1nc(/C=C/S(=O)(=O)N[C@H](C)C2CCCCC2)c2c1C(Cc1cccc(F)c1)CSC2. The van der Waals surface area contributed by atoms with Crippen LogP contribution in [0.1, 0.15) is 74.4 Å². The highest BCUT2D eigenvalue weighted by atomic mass is 32.2. The molecular weight excluding hydrogens is 567 g/mol. The summed E-state index contributed by atoms with van der Waals surface area (Å²) in [6.45, 7) is 6.81. The standard InChI is InChI=1S/C31H38F3N3O2S2/c1-21(2)14-27(33)17-28(34)18-37-31-25(15-23-8-7-11-26(32)16-23)19-40-20-29(31)30(35-37)12-13-41(38,39)36-22(3)24-9-5-4-6-10-24/h7-8,11-14,16-17,22,24-25,36H,1,4-6,9-10,15,18-20H2,2-3H3/b13-12+,27-14+,28-17+/t22-,25?/m1/s1. The number of allylic oxidation sites excluding steroid dienone is 5. The lowest BCUT2D eigenvalue weighted by Crippen LogP contribution is -2.37. The molecule has 5 nitrogen and oxygen atoms in total. The first kappa shape index (κ1) is 31.4. The number of sulfonamides is 1. The normalized spacial score (nSPS) is 19.9. The van der Waals surface area contributed by atoms with E-state index in [1.807, 2.05) is 13.0 Å². The number of rotatable bonds is 11. The summed E-state index contributed by atoms with van der Waals surface area (Å²) in [5.41, 5.74) is 3.23. The van der Waals surface area contributed by atoms with Gasteiger partial charge in [0, 0.05) is 46.2 Å². The van der Waals surface area contributed by atoms with Gasteiger partial charge in [-0.05, 0) is 68.9 Å². The molecule has 0 spiro atoms. The van der Waals surface area contributed by atoms with Crippen LogP contribution in [0.5, 0.6) is 0 Å². The topological polar surface area (TPSA) is 64.0 Å². The quantitative estimate of drug-likeness (QED) is 0.266. The smallest absolute Gasteiger partial charge is 0.234 e. The van der Waals surface area contributed by atoms with Crippen LogP contribution in [0.2, 0.25) is 0 Å². The molecule has 0 amide bonds. The molecule has 1 N–H and O–H groups in total. The van der Waals surface area contributed by atoms with E-state index in [2.05, 4.69) is 16.4 Å². The average molecular weight is 606 g/mol. The van der Waals surface area contributed by atoms with Crippen molar-refractivity contribution in [2.45, 2.75) is 76.6 Å². The second-order valence-corrected chi connectivity index (χ2v) is 13.7. The van der Waals surface area contributed by atoms with E-state index >= 15 is 0 Å². The molecule has 0 bridgehead atoms. The number of fused-ring (bicyclic) bond motifs is 1. The van der Waals surface area contributed by atoms with Crippen molar-refractivity contribution in [1.82, 2.24) is 14.5 Å². The summed E-state index contributed by atoms with van der Waals surface area (Å²) < 4.78 is 73.3. The molecule has 0 saturated heterocycles. The summed E-state index contributed by atoms with van der Waals surface area (Å²) in [6, 6.07) is 6.18. The second kappa shape index (κ2) is 14.1. The average Bonchev–Trinajstić information content (AvgIpc) is 3.25. The van der Waals surface area contributed by atoms with Crippen LogP contribution in [0.25, 0.3) is 6.08 Å². The van der Waals surface area contributed by atoms with Crippen LogP contribution in [0.3, 0.4) is 0 Å². The Bertz CT molecular complexity index is 1440. The predicted molar refractivity (Wildman–Crippen MR) is 162 cm³/mol. The van der Waals surface area contributed by atoms with E-state index in [1.165, 1.54) is 29.3 Å². The van der Waals surface area contributed by atoms with Gasteiger partial charge in [0.15, 0.2) is 0 Å². The van der Waals surface area contributed by atoms with Gasteiger partial charge in [0.05, 0.1) is 12.2 Å². The van der Waals surface area contributed by atoms with Crippen molar-refractivity contribution in [3.05, 3.63) is 94.0 Å². The Labute approximate surface area is 245 Å². The summed E-state index contributed by atoms with van der Waals surface area (Å²) in [7, 11) is -3.74. The van der Waals surface area contributed by atoms with Gasteiger partial charge in [-0.2, -0.15) is 16.9 Å². The number of aromatic nitrogens is 2. The van der Waals surface area contributed by atoms with Crippen LogP contribution in [-0.2, 0) is 28.7 Å². The van der Waals surface area contributed by atoms with Gasteiger partial charge in [0.25, 0.3) is 0 Å². The fourth-order valence-electron chi connectivity index (χ4n) is 5.68. The molecule has 10 heteroatoms. The maximum Gasteiger partial charge on any atom is 0.234 e. The Hall–Kier alpha value is -2.56. The fraction of sp³-hybridized carbons (Fsp3) is 0.452. The highest BCUT2D eigenvalue weighted by molar-refractivity contribution is 7.98. The Balaban J connectivity index is 1.64. The molecule has 4 rings (SSSR count). The van der Waals surface area contributed by atoms with Gasteiger partial charge in [0.1, 0.15) is 17.5 Å². The Morgan fingerprint density at radius 2 is 2.00 bits per heavy atom. The van der Waals surface area contributed by atoms with Crippen LogP contribution in [0, 0.1) is 11.7 Å². The molecule has 1 aliphatic carbocycles. The maximum atomic E-state index is 15.0. The minimum Gasteiger partial charge on any atom is -0.262 e. The van der Waals surface area contributed by atoms with Crippen molar-refractivity contribution in [2.75, 3.05) is 5.75 Å².